The Balaban J connectivity index is 1.70. The first kappa shape index (κ1) is 13.5. The largest absolute Gasteiger partial charge is 0.461 e. The number of terminal acetylenes is 1. The Morgan fingerprint density at radius 3 is 3.25 bits per heavy atom. The molecule has 0 aliphatic carbocycles. The van der Waals surface area contributed by atoms with E-state index in [0.29, 0.717) is 11.8 Å². The maximum Gasteiger partial charge on any atom is 0.269 e. The van der Waals surface area contributed by atoms with Gasteiger partial charge in [-0.2, -0.15) is 0 Å². The van der Waals surface area contributed by atoms with Crippen LogP contribution in [0.5, 0.6) is 0 Å². The summed E-state index contributed by atoms with van der Waals surface area (Å²) in [6, 6.07) is 0. The molecule has 0 radical (unpaired) electrons. The van der Waals surface area contributed by atoms with Crippen molar-refractivity contribution in [2.75, 3.05) is 13.2 Å². The summed E-state index contributed by atoms with van der Waals surface area (Å²) in [6.45, 7) is 0.802. The van der Waals surface area contributed by atoms with E-state index in [1.54, 1.807) is 23.3 Å². The zero-order chi connectivity index (χ0) is 13.9. The van der Waals surface area contributed by atoms with Gasteiger partial charge in [-0.3, -0.25) is 4.57 Å². The highest BCUT2D eigenvalue weighted by molar-refractivity contribution is 7.80. The van der Waals surface area contributed by atoms with Gasteiger partial charge in [-0.15, -0.1) is 6.42 Å². The minimum atomic E-state index is -0.567. The molecule has 0 amide bonds. The van der Waals surface area contributed by atoms with Crippen LogP contribution in [0.3, 0.4) is 0 Å². The standard InChI is InChI=1S/C13H14N2O4S/c1-2-6-16-12-10(9-3-7-17-11(9)19-12)18-13(20)15-5-4-14-8-15/h1,4-5,8-12H,3,6-7H2/t9-,10+,11+,12-/m0/s1. The van der Waals surface area contributed by atoms with E-state index in [2.05, 4.69) is 10.9 Å². The minimum absolute atomic E-state index is 0.0965. The third-order valence-electron chi connectivity index (χ3n) is 3.32. The molecule has 2 aliphatic heterocycles. The van der Waals surface area contributed by atoms with E-state index in [4.69, 9.17) is 37.6 Å². The van der Waals surface area contributed by atoms with Gasteiger partial charge in [0.2, 0.25) is 0 Å². The van der Waals surface area contributed by atoms with Gasteiger partial charge in [0.1, 0.15) is 12.9 Å². The molecule has 1 aromatic rings. The molecular formula is C13H14N2O4S. The van der Waals surface area contributed by atoms with Crippen LogP contribution in [-0.2, 0) is 18.9 Å². The Kier molecular flexibility index (Phi) is 3.98. The Morgan fingerprint density at radius 1 is 1.60 bits per heavy atom. The Hall–Kier alpha value is -1.46. The molecule has 7 heteroatoms. The first-order valence-corrected chi connectivity index (χ1v) is 6.71. The second-order valence-corrected chi connectivity index (χ2v) is 4.88. The van der Waals surface area contributed by atoms with Crippen molar-refractivity contribution in [1.82, 2.24) is 9.55 Å². The van der Waals surface area contributed by atoms with Crippen molar-refractivity contribution in [3.05, 3.63) is 18.7 Å². The molecule has 20 heavy (non-hydrogen) atoms. The predicted molar refractivity (Wildman–Crippen MR) is 72.6 cm³/mol. The topological polar surface area (TPSA) is 54.7 Å². The van der Waals surface area contributed by atoms with E-state index >= 15 is 0 Å². The third-order valence-corrected chi connectivity index (χ3v) is 3.63. The highest BCUT2D eigenvalue weighted by Gasteiger charge is 2.50. The van der Waals surface area contributed by atoms with Crippen LogP contribution in [0, 0.1) is 18.3 Å². The number of aromatic nitrogens is 2. The van der Waals surface area contributed by atoms with Crippen molar-refractivity contribution in [1.29, 1.82) is 0 Å². The smallest absolute Gasteiger partial charge is 0.269 e. The van der Waals surface area contributed by atoms with Gasteiger partial charge in [0, 0.05) is 12.4 Å². The number of hydrogen-bond acceptors (Lipinski definition) is 6. The van der Waals surface area contributed by atoms with E-state index in [1.165, 1.54) is 0 Å². The fourth-order valence-corrected chi connectivity index (χ4v) is 2.62. The third kappa shape index (κ3) is 2.55. The number of imidazole rings is 1. The minimum Gasteiger partial charge on any atom is -0.461 e. The van der Waals surface area contributed by atoms with Crippen LogP contribution in [0.2, 0.25) is 0 Å². The van der Waals surface area contributed by atoms with Crippen molar-refractivity contribution in [2.45, 2.75) is 25.1 Å². The molecule has 106 valence electrons. The lowest BCUT2D eigenvalue weighted by Crippen LogP contribution is -2.35. The van der Waals surface area contributed by atoms with Crippen molar-refractivity contribution in [3.8, 4) is 12.3 Å². The van der Waals surface area contributed by atoms with Crippen LogP contribution in [0.4, 0.5) is 0 Å². The van der Waals surface area contributed by atoms with Gasteiger partial charge in [0.15, 0.2) is 18.7 Å². The molecule has 3 rings (SSSR count). The van der Waals surface area contributed by atoms with Gasteiger partial charge in [0.05, 0.1) is 12.5 Å². The molecule has 2 saturated heterocycles. The normalized spacial score (nSPS) is 31.8. The highest BCUT2D eigenvalue weighted by atomic mass is 32.1. The van der Waals surface area contributed by atoms with E-state index in [0.717, 1.165) is 6.42 Å². The van der Waals surface area contributed by atoms with E-state index in [9.17, 15) is 0 Å². The molecule has 0 bridgehead atoms. The number of rotatable bonds is 3. The molecule has 2 fully saturated rings. The SMILES string of the molecule is C#CCO[C@H]1O[C@H]2OCC[C@H]2[C@H]1OC(=S)n1ccnc1. The summed E-state index contributed by atoms with van der Waals surface area (Å²) in [6.07, 6.45) is 9.78. The van der Waals surface area contributed by atoms with Crippen LogP contribution in [0.25, 0.3) is 0 Å². The van der Waals surface area contributed by atoms with Crippen LogP contribution < -0.4 is 0 Å². The number of nitrogens with zero attached hydrogens (tertiary/aromatic N) is 2. The van der Waals surface area contributed by atoms with Crippen LogP contribution in [-0.4, -0.2) is 46.6 Å². The maximum absolute atomic E-state index is 5.84. The van der Waals surface area contributed by atoms with Crippen LogP contribution >= 0.6 is 12.2 Å². The summed E-state index contributed by atoms with van der Waals surface area (Å²) in [4.78, 5) is 3.93. The summed E-state index contributed by atoms with van der Waals surface area (Å²) in [7, 11) is 0. The molecule has 0 N–H and O–H groups in total. The first-order chi connectivity index (χ1) is 9.79. The molecule has 0 spiro atoms. The van der Waals surface area contributed by atoms with Crippen molar-refractivity contribution in [3.63, 3.8) is 0 Å². The second kappa shape index (κ2) is 5.89. The van der Waals surface area contributed by atoms with E-state index < -0.39 is 6.29 Å². The quantitative estimate of drug-likeness (QED) is 0.606. The fourth-order valence-electron chi connectivity index (χ4n) is 2.40. The van der Waals surface area contributed by atoms with Gasteiger partial charge in [-0.1, -0.05) is 5.92 Å². The molecule has 6 nitrogen and oxygen atoms in total. The molecular weight excluding hydrogens is 280 g/mol. The Labute approximate surface area is 122 Å². The van der Waals surface area contributed by atoms with Crippen LogP contribution in [0.1, 0.15) is 6.42 Å². The van der Waals surface area contributed by atoms with Gasteiger partial charge < -0.3 is 18.9 Å². The zero-order valence-corrected chi connectivity index (χ0v) is 11.5. The lowest BCUT2D eigenvalue weighted by Gasteiger charge is -2.22. The molecule has 0 unspecified atom stereocenters. The lowest BCUT2D eigenvalue weighted by atomic mass is 10.0. The summed E-state index contributed by atoms with van der Waals surface area (Å²) in [5.41, 5.74) is 0. The fraction of sp³-hybridized carbons (Fsp3) is 0.538. The maximum atomic E-state index is 5.84. The number of fused-ring (bicyclic) bond motifs is 1. The molecule has 0 aromatic carbocycles. The first-order valence-electron chi connectivity index (χ1n) is 6.30. The molecule has 1 aromatic heterocycles. The molecule has 2 aliphatic rings. The summed E-state index contributed by atoms with van der Waals surface area (Å²) in [5, 5.41) is 0.304. The van der Waals surface area contributed by atoms with Crippen LogP contribution in [0.15, 0.2) is 18.7 Å². The van der Waals surface area contributed by atoms with Crippen molar-refractivity contribution >= 4 is 17.4 Å². The average molecular weight is 294 g/mol. The Morgan fingerprint density at radius 2 is 2.50 bits per heavy atom. The molecule has 0 saturated carbocycles. The number of ether oxygens (including phenoxy) is 4. The van der Waals surface area contributed by atoms with Crippen molar-refractivity contribution < 1.29 is 18.9 Å². The highest BCUT2D eigenvalue weighted by Crippen LogP contribution is 2.37. The molecule has 4 atom stereocenters. The predicted octanol–water partition coefficient (Wildman–Crippen LogP) is 0.770. The lowest BCUT2D eigenvalue weighted by molar-refractivity contribution is -0.205. The Bertz CT molecular complexity index is 513. The van der Waals surface area contributed by atoms with E-state index in [1.807, 2.05) is 0 Å². The van der Waals surface area contributed by atoms with Crippen molar-refractivity contribution in [2.24, 2.45) is 5.92 Å². The number of hydrogen-bond donors (Lipinski definition) is 0. The zero-order valence-electron chi connectivity index (χ0n) is 10.7. The summed E-state index contributed by atoms with van der Waals surface area (Å²) in [5.74, 6) is 2.51. The van der Waals surface area contributed by atoms with Gasteiger partial charge in [-0.25, -0.2) is 4.98 Å². The van der Waals surface area contributed by atoms with Gasteiger partial charge >= 0.3 is 0 Å². The monoisotopic (exact) mass is 294 g/mol. The summed E-state index contributed by atoms with van der Waals surface area (Å²) < 4.78 is 24.1. The second-order valence-electron chi connectivity index (χ2n) is 4.53. The number of thiocarbonyl (C=S) groups is 1. The summed E-state index contributed by atoms with van der Waals surface area (Å²) >= 11 is 5.24. The molecule has 3 heterocycles. The average Bonchev–Trinajstić information content (AvgIpc) is 3.14. The van der Waals surface area contributed by atoms with E-state index in [-0.39, 0.29) is 24.9 Å². The van der Waals surface area contributed by atoms with Gasteiger partial charge in [0.25, 0.3) is 5.17 Å². The van der Waals surface area contributed by atoms with Gasteiger partial charge in [-0.05, 0) is 18.6 Å².